The molecule has 0 aliphatic rings. The van der Waals surface area contributed by atoms with Gasteiger partial charge in [-0.1, -0.05) is 30.3 Å². The van der Waals surface area contributed by atoms with Crippen LogP contribution in [-0.4, -0.2) is 44.0 Å². The molecule has 144 valence electrons. The summed E-state index contributed by atoms with van der Waals surface area (Å²) in [6.45, 7) is 4.27. The second kappa shape index (κ2) is 9.62. The number of nitrogens with one attached hydrogen (secondary N) is 1. The minimum absolute atomic E-state index is 0.0383. The summed E-state index contributed by atoms with van der Waals surface area (Å²) < 4.78 is 10.4. The molecule has 1 unspecified atom stereocenters. The van der Waals surface area contributed by atoms with Gasteiger partial charge in [0.25, 0.3) is 5.91 Å². The number of carbonyl (C=O) groups is 2. The second-order valence-corrected chi connectivity index (χ2v) is 6.16. The van der Waals surface area contributed by atoms with Crippen LogP contribution in [0.1, 0.15) is 35.8 Å². The Bertz CT molecular complexity index is 755. The Labute approximate surface area is 160 Å². The lowest BCUT2D eigenvalue weighted by molar-refractivity contribution is -0.130. The first-order valence-corrected chi connectivity index (χ1v) is 8.79. The molecule has 0 spiro atoms. The van der Waals surface area contributed by atoms with E-state index in [1.54, 1.807) is 23.1 Å². The molecule has 0 fully saturated rings. The number of hydrogen-bond acceptors (Lipinski definition) is 4. The van der Waals surface area contributed by atoms with Gasteiger partial charge in [0.1, 0.15) is 11.5 Å². The van der Waals surface area contributed by atoms with E-state index in [0.29, 0.717) is 30.2 Å². The Balaban J connectivity index is 2.00. The summed E-state index contributed by atoms with van der Waals surface area (Å²) in [5, 5.41) is 2.85. The molecule has 0 aliphatic heterocycles. The van der Waals surface area contributed by atoms with E-state index < -0.39 is 0 Å². The smallest absolute Gasteiger partial charge is 0.251 e. The lowest BCUT2D eigenvalue weighted by atomic mass is 10.1. The molecule has 0 aromatic heterocycles. The van der Waals surface area contributed by atoms with E-state index in [-0.39, 0.29) is 17.9 Å². The van der Waals surface area contributed by atoms with Crippen molar-refractivity contribution in [1.29, 1.82) is 0 Å². The van der Waals surface area contributed by atoms with Crippen LogP contribution in [0, 0.1) is 0 Å². The van der Waals surface area contributed by atoms with Crippen molar-refractivity contribution < 1.29 is 19.1 Å². The minimum atomic E-state index is -0.247. The van der Waals surface area contributed by atoms with Crippen LogP contribution < -0.4 is 14.8 Å². The molecule has 0 saturated heterocycles. The number of methoxy groups -OCH3 is 2. The van der Waals surface area contributed by atoms with Crippen LogP contribution >= 0.6 is 0 Å². The van der Waals surface area contributed by atoms with Gasteiger partial charge in [-0.15, -0.1) is 0 Å². The average molecular weight is 370 g/mol. The van der Waals surface area contributed by atoms with Crippen molar-refractivity contribution in [3.8, 4) is 11.5 Å². The molecule has 0 saturated carbocycles. The van der Waals surface area contributed by atoms with E-state index in [1.165, 1.54) is 21.1 Å². The van der Waals surface area contributed by atoms with Crippen LogP contribution in [0.25, 0.3) is 0 Å². The van der Waals surface area contributed by atoms with E-state index in [2.05, 4.69) is 5.32 Å². The molecule has 0 aliphatic carbocycles. The van der Waals surface area contributed by atoms with Crippen LogP contribution in [0.15, 0.2) is 48.5 Å². The van der Waals surface area contributed by atoms with Crippen molar-refractivity contribution in [3.63, 3.8) is 0 Å². The Kier molecular flexibility index (Phi) is 7.23. The van der Waals surface area contributed by atoms with Crippen molar-refractivity contribution in [2.45, 2.75) is 19.9 Å². The zero-order valence-electron chi connectivity index (χ0n) is 16.2. The maximum absolute atomic E-state index is 12.4. The molecular weight excluding hydrogens is 344 g/mol. The molecule has 0 heterocycles. The van der Waals surface area contributed by atoms with Gasteiger partial charge >= 0.3 is 0 Å². The predicted octanol–water partition coefficient (Wildman–Crippen LogP) is 3.04. The van der Waals surface area contributed by atoms with Gasteiger partial charge in [0, 0.05) is 31.6 Å². The number of ether oxygens (including phenoxy) is 2. The summed E-state index contributed by atoms with van der Waals surface area (Å²) in [4.78, 5) is 26.2. The summed E-state index contributed by atoms with van der Waals surface area (Å²) in [5.74, 6) is 0.803. The lowest BCUT2D eigenvalue weighted by Crippen LogP contribution is -2.39. The van der Waals surface area contributed by atoms with Gasteiger partial charge in [0.05, 0.1) is 20.3 Å². The largest absolute Gasteiger partial charge is 0.497 e. The number of hydrogen-bond donors (Lipinski definition) is 1. The fraction of sp³-hybridized carbons (Fsp3) is 0.333. The molecular formula is C21H26N2O4. The van der Waals surface area contributed by atoms with Crippen LogP contribution in [-0.2, 0) is 4.79 Å². The number of rotatable bonds is 8. The predicted molar refractivity (Wildman–Crippen MR) is 104 cm³/mol. The van der Waals surface area contributed by atoms with E-state index in [1.807, 2.05) is 37.3 Å². The quantitative estimate of drug-likeness (QED) is 0.776. The van der Waals surface area contributed by atoms with Crippen molar-refractivity contribution in [2.75, 3.05) is 27.3 Å². The Morgan fingerprint density at radius 3 is 2.15 bits per heavy atom. The first-order chi connectivity index (χ1) is 13.0. The highest BCUT2D eigenvalue weighted by Crippen LogP contribution is 2.22. The summed E-state index contributed by atoms with van der Waals surface area (Å²) in [6.07, 6.45) is 0. The fourth-order valence-corrected chi connectivity index (χ4v) is 2.87. The highest BCUT2D eigenvalue weighted by Gasteiger charge is 2.18. The number of benzene rings is 2. The molecule has 0 bridgehead atoms. The maximum Gasteiger partial charge on any atom is 0.251 e. The molecule has 2 rings (SSSR count). The lowest BCUT2D eigenvalue weighted by Gasteiger charge is -2.28. The van der Waals surface area contributed by atoms with Crippen LogP contribution in [0.3, 0.4) is 0 Å². The molecule has 27 heavy (non-hydrogen) atoms. The first kappa shape index (κ1) is 20.3. The molecule has 2 amide bonds. The van der Waals surface area contributed by atoms with Gasteiger partial charge in [0.15, 0.2) is 0 Å². The van der Waals surface area contributed by atoms with Gasteiger partial charge < -0.3 is 19.7 Å². The third kappa shape index (κ3) is 5.48. The summed E-state index contributed by atoms with van der Waals surface area (Å²) in [7, 11) is 3.07. The topological polar surface area (TPSA) is 67.9 Å². The highest BCUT2D eigenvalue weighted by atomic mass is 16.5. The monoisotopic (exact) mass is 370 g/mol. The zero-order valence-corrected chi connectivity index (χ0v) is 16.2. The Hall–Kier alpha value is -3.02. The van der Waals surface area contributed by atoms with Crippen LogP contribution in [0.4, 0.5) is 0 Å². The van der Waals surface area contributed by atoms with Crippen LogP contribution in [0.5, 0.6) is 11.5 Å². The van der Waals surface area contributed by atoms with Gasteiger partial charge in [-0.2, -0.15) is 0 Å². The van der Waals surface area contributed by atoms with E-state index >= 15 is 0 Å². The molecule has 1 N–H and O–H groups in total. The second-order valence-electron chi connectivity index (χ2n) is 6.16. The van der Waals surface area contributed by atoms with Crippen LogP contribution in [0.2, 0.25) is 0 Å². The Morgan fingerprint density at radius 2 is 1.63 bits per heavy atom. The molecule has 6 nitrogen and oxygen atoms in total. The van der Waals surface area contributed by atoms with Gasteiger partial charge in [-0.25, -0.2) is 0 Å². The first-order valence-electron chi connectivity index (χ1n) is 8.79. The SMILES string of the molecule is COc1cc(OC)cc(C(=O)NCCN(C(C)=O)C(C)c2ccccc2)c1. The molecule has 6 heteroatoms. The highest BCUT2D eigenvalue weighted by molar-refractivity contribution is 5.95. The Morgan fingerprint density at radius 1 is 1.04 bits per heavy atom. The average Bonchev–Trinajstić information content (AvgIpc) is 2.70. The number of nitrogens with zero attached hydrogens (tertiary/aromatic N) is 1. The third-order valence-corrected chi connectivity index (χ3v) is 4.41. The molecule has 2 aromatic rings. The van der Waals surface area contributed by atoms with Crippen molar-refractivity contribution in [1.82, 2.24) is 10.2 Å². The summed E-state index contributed by atoms with van der Waals surface area (Å²) >= 11 is 0. The standard InChI is InChI=1S/C21H26N2O4/c1-15(17-8-6-5-7-9-17)23(16(2)24)11-10-22-21(25)18-12-19(26-3)14-20(13-18)27-4/h5-9,12-15H,10-11H2,1-4H3,(H,22,25). The van der Waals surface area contributed by atoms with Crippen molar-refractivity contribution >= 4 is 11.8 Å². The van der Waals surface area contributed by atoms with E-state index in [4.69, 9.17) is 9.47 Å². The van der Waals surface area contributed by atoms with Gasteiger partial charge in [-0.05, 0) is 24.6 Å². The van der Waals surface area contributed by atoms with E-state index in [0.717, 1.165) is 5.56 Å². The van der Waals surface area contributed by atoms with Gasteiger partial charge in [-0.3, -0.25) is 9.59 Å². The zero-order chi connectivity index (χ0) is 19.8. The van der Waals surface area contributed by atoms with Gasteiger partial charge in [0.2, 0.25) is 5.91 Å². The minimum Gasteiger partial charge on any atom is -0.497 e. The van der Waals surface area contributed by atoms with Crippen molar-refractivity contribution in [3.05, 3.63) is 59.7 Å². The summed E-state index contributed by atoms with van der Waals surface area (Å²) in [6, 6.07) is 14.7. The maximum atomic E-state index is 12.4. The number of carbonyl (C=O) groups excluding carboxylic acids is 2. The normalized spacial score (nSPS) is 11.4. The fourth-order valence-electron chi connectivity index (χ4n) is 2.87. The molecule has 1 atom stereocenters. The van der Waals surface area contributed by atoms with E-state index in [9.17, 15) is 9.59 Å². The molecule has 0 radical (unpaired) electrons. The summed E-state index contributed by atoms with van der Waals surface area (Å²) in [5.41, 5.74) is 1.49. The third-order valence-electron chi connectivity index (χ3n) is 4.41. The van der Waals surface area contributed by atoms with Crippen molar-refractivity contribution in [2.24, 2.45) is 0 Å². The molecule has 2 aromatic carbocycles. The number of amides is 2.